The molecule has 2 aromatic carbocycles. The molecular weight excluding hydrogens is 546 g/mol. The van der Waals surface area contributed by atoms with Crippen molar-refractivity contribution in [3.05, 3.63) is 57.5 Å². The van der Waals surface area contributed by atoms with Crippen LogP contribution in [0, 0.1) is 0 Å². The molecule has 2 aliphatic heterocycles. The second-order valence-corrected chi connectivity index (χ2v) is 13.2. The van der Waals surface area contributed by atoms with Crippen LogP contribution in [0.5, 0.6) is 0 Å². The number of halogens is 1. The van der Waals surface area contributed by atoms with Crippen molar-refractivity contribution in [1.82, 2.24) is 24.4 Å². The van der Waals surface area contributed by atoms with Crippen molar-refractivity contribution >= 4 is 55.5 Å². The fourth-order valence-electron chi connectivity index (χ4n) is 5.10. The van der Waals surface area contributed by atoms with Crippen LogP contribution in [0.1, 0.15) is 33.4 Å². The number of sulfonamides is 1. The van der Waals surface area contributed by atoms with Crippen molar-refractivity contribution in [1.29, 1.82) is 0 Å². The average molecular weight is 576 g/mol. The van der Waals surface area contributed by atoms with Crippen LogP contribution in [-0.4, -0.2) is 92.2 Å². The van der Waals surface area contributed by atoms with E-state index in [0.29, 0.717) is 15.9 Å². The Morgan fingerprint density at radius 2 is 1.76 bits per heavy atom. The Labute approximate surface area is 231 Å². The van der Waals surface area contributed by atoms with Gasteiger partial charge in [-0.05, 0) is 73.9 Å². The summed E-state index contributed by atoms with van der Waals surface area (Å²) in [5.41, 5.74) is 0. The van der Waals surface area contributed by atoms with E-state index in [4.69, 9.17) is 11.6 Å². The van der Waals surface area contributed by atoms with E-state index < -0.39 is 22.0 Å². The number of carbonyl (C=O) groups excluding carboxylic acids is 2. The van der Waals surface area contributed by atoms with E-state index in [1.54, 1.807) is 42.6 Å². The van der Waals surface area contributed by atoms with Crippen LogP contribution in [0.2, 0.25) is 5.02 Å². The quantitative estimate of drug-likeness (QED) is 0.502. The molecule has 2 aliphatic rings. The van der Waals surface area contributed by atoms with Gasteiger partial charge < -0.3 is 15.1 Å². The third-order valence-electron chi connectivity index (χ3n) is 7.39. The van der Waals surface area contributed by atoms with Gasteiger partial charge in [0.1, 0.15) is 6.04 Å². The van der Waals surface area contributed by atoms with E-state index in [1.807, 2.05) is 0 Å². The maximum absolute atomic E-state index is 13.6. The third-order valence-corrected chi connectivity index (χ3v) is 10.6. The van der Waals surface area contributed by atoms with Gasteiger partial charge in [-0.25, -0.2) is 13.4 Å². The van der Waals surface area contributed by atoms with Gasteiger partial charge in [-0.1, -0.05) is 23.7 Å². The largest absolute Gasteiger partial charge is 0.357 e. The molecule has 202 valence electrons. The predicted molar refractivity (Wildman–Crippen MR) is 148 cm³/mol. The lowest BCUT2D eigenvalue weighted by atomic mass is 9.96. The van der Waals surface area contributed by atoms with Crippen LogP contribution in [-0.2, 0) is 14.8 Å². The molecule has 0 bridgehead atoms. The summed E-state index contributed by atoms with van der Waals surface area (Å²) in [7, 11) is -0.317. The fraction of sp³-hybridized carbons (Fsp3) is 0.423. The molecule has 2 amide bonds. The molecule has 0 spiro atoms. The molecule has 3 aromatic rings. The molecule has 0 radical (unpaired) electrons. The van der Waals surface area contributed by atoms with Gasteiger partial charge in [0.05, 0.1) is 4.90 Å². The SMILES string of the molecule is CNC(=O)C1CN(S(=O)(=O)c2ccc3cc(Cl)ccc3c2)CCN1C(=O)c1ncc(C2CCN(C)CC2)s1. The molecule has 12 heteroatoms. The predicted octanol–water partition coefficient (Wildman–Crippen LogP) is 3.02. The Morgan fingerprint density at radius 3 is 2.50 bits per heavy atom. The summed E-state index contributed by atoms with van der Waals surface area (Å²) >= 11 is 7.43. The summed E-state index contributed by atoms with van der Waals surface area (Å²) in [5, 5.41) is 5.06. The second-order valence-electron chi connectivity index (χ2n) is 9.79. The van der Waals surface area contributed by atoms with Gasteiger partial charge in [-0.2, -0.15) is 4.31 Å². The summed E-state index contributed by atoms with van der Waals surface area (Å²) in [6, 6.07) is 9.15. The number of nitrogens with one attached hydrogen (secondary N) is 1. The highest BCUT2D eigenvalue weighted by atomic mass is 35.5. The molecule has 9 nitrogen and oxygen atoms in total. The number of likely N-dealkylation sites (tertiary alicyclic amines) is 1. The van der Waals surface area contributed by atoms with Crippen LogP contribution in [0.25, 0.3) is 10.8 Å². The van der Waals surface area contributed by atoms with Crippen molar-refractivity contribution < 1.29 is 18.0 Å². The Kier molecular flexibility index (Phi) is 7.74. The van der Waals surface area contributed by atoms with Gasteiger partial charge in [0.2, 0.25) is 15.9 Å². The Morgan fingerprint density at radius 1 is 1.05 bits per heavy atom. The molecule has 1 atom stereocenters. The zero-order valence-corrected chi connectivity index (χ0v) is 23.7. The Hall–Kier alpha value is -2.57. The van der Waals surface area contributed by atoms with Gasteiger partial charge in [0.25, 0.3) is 5.91 Å². The monoisotopic (exact) mass is 575 g/mol. The summed E-state index contributed by atoms with van der Waals surface area (Å²) < 4.78 is 28.4. The highest BCUT2D eigenvalue weighted by Gasteiger charge is 2.40. The standard InChI is InChI=1S/C26H30ClN5O4S2/c1-28-24(33)22-16-31(38(35,36)21-6-4-18-13-20(27)5-3-19(18)14-21)11-12-32(22)26(34)25-29-15-23(37-25)17-7-9-30(2)10-8-17/h3-6,13-15,17,22H,7-12,16H2,1-2H3,(H,28,33). The lowest BCUT2D eigenvalue weighted by Gasteiger charge is -2.39. The first-order valence-corrected chi connectivity index (χ1v) is 15.2. The number of benzene rings is 2. The van der Waals surface area contributed by atoms with Gasteiger partial charge in [-0.3, -0.25) is 9.59 Å². The van der Waals surface area contributed by atoms with Crippen molar-refractivity contribution in [2.24, 2.45) is 0 Å². The number of fused-ring (bicyclic) bond motifs is 1. The molecule has 1 aromatic heterocycles. The molecule has 3 heterocycles. The number of carbonyl (C=O) groups is 2. The number of likely N-dealkylation sites (N-methyl/N-ethyl adjacent to an activating group) is 1. The smallest absolute Gasteiger partial charge is 0.283 e. The minimum absolute atomic E-state index is 0.0768. The highest BCUT2D eigenvalue weighted by Crippen LogP contribution is 2.32. The molecule has 1 N–H and O–H groups in total. The van der Waals surface area contributed by atoms with Gasteiger partial charge >= 0.3 is 0 Å². The number of amides is 2. The maximum Gasteiger partial charge on any atom is 0.283 e. The van der Waals surface area contributed by atoms with Gasteiger partial charge in [0.15, 0.2) is 5.01 Å². The number of piperazine rings is 1. The number of hydrogen-bond donors (Lipinski definition) is 1. The van der Waals surface area contributed by atoms with Crippen LogP contribution >= 0.6 is 22.9 Å². The molecule has 2 fully saturated rings. The summed E-state index contributed by atoms with van der Waals surface area (Å²) in [4.78, 5) is 35.7. The summed E-state index contributed by atoms with van der Waals surface area (Å²) in [5.74, 6) is -0.388. The van der Waals surface area contributed by atoms with Gasteiger partial charge in [-0.15, -0.1) is 11.3 Å². The third kappa shape index (κ3) is 5.30. The first-order chi connectivity index (χ1) is 18.2. The van der Waals surface area contributed by atoms with Crippen LogP contribution < -0.4 is 5.32 Å². The normalized spacial score (nSPS) is 20.1. The average Bonchev–Trinajstić information content (AvgIpc) is 3.42. The number of piperidine rings is 1. The Balaban J connectivity index is 1.35. The minimum atomic E-state index is -3.90. The molecule has 0 aliphatic carbocycles. The van der Waals surface area contributed by atoms with Crippen LogP contribution in [0.15, 0.2) is 47.5 Å². The number of aromatic nitrogens is 1. The summed E-state index contributed by atoms with van der Waals surface area (Å²) in [6.45, 7) is 2.04. The molecular formula is C26H30ClN5O4S2. The van der Waals surface area contributed by atoms with Crippen LogP contribution in [0.3, 0.4) is 0 Å². The maximum atomic E-state index is 13.6. The second kappa shape index (κ2) is 10.9. The topological polar surface area (TPSA) is 103 Å². The van der Waals surface area contributed by atoms with Crippen molar-refractivity contribution in [2.45, 2.75) is 29.7 Å². The first-order valence-electron chi connectivity index (χ1n) is 12.5. The van der Waals surface area contributed by atoms with E-state index in [2.05, 4.69) is 22.2 Å². The van der Waals surface area contributed by atoms with Crippen molar-refractivity contribution in [2.75, 3.05) is 46.8 Å². The number of thiazole rings is 1. The van der Waals surface area contributed by atoms with E-state index >= 15 is 0 Å². The Bertz CT molecular complexity index is 1470. The van der Waals surface area contributed by atoms with Crippen molar-refractivity contribution in [3.63, 3.8) is 0 Å². The highest BCUT2D eigenvalue weighted by molar-refractivity contribution is 7.89. The fourth-order valence-corrected chi connectivity index (χ4v) is 7.80. The molecule has 0 saturated carbocycles. The first kappa shape index (κ1) is 27.0. The number of nitrogens with zero attached hydrogens (tertiary/aromatic N) is 4. The lowest BCUT2D eigenvalue weighted by molar-refractivity contribution is -0.126. The summed E-state index contributed by atoms with van der Waals surface area (Å²) in [6.07, 6.45) is 3.81. The molecule has 1 unspecified atom stereocenters. The van der Waals surface area contributed by atoms with E-state index in [9.17, 15) is 18.0 Å². The molecule has 38 heavy (non-hydrogen) atoms. The zero-order valence-electron chi connectivity index (χ0n) is 21.3. The number of hydrogen-bond acceptors (Lipinski definition) is 7. The minimum Gasteiger partial charge on any atom is -0.357 e. The lowest BCUT2D eigenvalue weighted by Crippen LogP contribution is -2.61. The zero-order chi connectivity index (χ0) is 27.0. The molecule has 2 saturated heterocycles. The van der Waals surface area contributed by atoms with E-state index in [0.717, 1.165) is 41.6 Å². The van der Waals surface area contributed by atoms with Crippen molar-refractivity contribution in [3.8, 4) is 0 Å². The van der Waals surface area contributed by atoms with E-state index in [1.165, 1.54) is 27.6 Å². The van der Waals surface area contributed by atoms with Gasteiger partial charge in [0, 0.05) is 42.8 Å². The molecule has 5 rings (SSSR count). The van der Waals surface area contributed by atoms with Crippen LogP contribution in [0.4, 0.5) is 0 Å². The van der Waals surface area contributed by atoms with E-state index in [-0.39, 0.29) is 30.4 Å². The number of rotatable bonds is 5.